The minimum atomic E-state index is -0.947. The monoisotopic (exact) mass is 450 g/mol. The minimum absolute atomic E-state index is 0.130. The van der Waals surface area contributed by atoms with Gasteiger partial charge >= 0.3 is 5.97 Å². The number of benzene rings is 2. The first-order valence-corrected chi connectivity index (χ1v) is 9.36. The molecule has 3 aromatic rings. The third kappa shape index (κ3) is 5.60. The number of halogens is 3. The molecule has 2 aromatic carbocycles. The van der Waals surface area contributed by atoms with E-state index in [1.54, 1.807) is 30.3 Å². The molecule has 2 N–H and O–H groups in total. The summed E-state index contributed by atoms with van der Waals surface area (Å²) in [7, 11) is 0. The summed E-state index contributed by atoms with van der Waals surface area (Å²) in [6, 6.07) is 12.5. The molecule has 0 aliphatic carbocycles. The van der Waals surface area contributed by atoms with Gasteiger partial charge in [0.05, 0.1) is 27.7 Å². The number of pyridine rings is 1. The fourth-order valence-electron chi connectivity index (χ4n) is 2.38. The molecule has 0 aliphatic rings. The number of aliphatic carboxylic acids is 1. The lowest BCUT2D eigenvalue weighted by atomic mass is 10.1. The summed E-state index contributed by atoms with van der Waals surface area (Å²) in [5.74, 6) is -0.267. The molecule has 0 fully saturated rings. The number of carboxylic acids is 1. The first kappa shape index (κ1) is 20.9. The van der Waals surface area contributed by atoms with E-state index in [4.69, 9.17) is 44.6 Å². The van der Waals surface area contributed by atoms with Gasteiger partial charge in [-0.2, -0.15) is 0 Å². The van der Waals surface area contributed by atoms with Gasteiger partial charge < -0.3 is 15.2 Å². The summed E-state index contributed by atoms with van der Waals surface area (Å²) >= 11 is 17.9. The molecule has 148 valence electrons. The zero-order valence-corrected chi connectivity index (χ0v) is 16.9. The molecule has 0 saturated carbocycles. The highest BCUT2D eigenvalue weighted by molar-refractivity contribution is 6.42. The van der Waals surface area contributed by atoms with E-state index in [1.807, 2.05) is 0 Å². The molecule has 0 atom stereocenters. The predicted octanol–water partition coefficient (Wildman–Crippen LogP) is 5.71. The quantitative estimate of drug-likeness (QED) is 0.501. The predicted molar refractivity (Wildman–Crippen MR) is 112 cm³/mol. The van der Waals surface area contributed by atoms with Crippen molar-refractivity contribution in [1.29, 1.82) is 0 Å². The van der Waals surface area contributed by atoms with Crippen LogP contribution in [0.25, 0.3) is 0 Å². The van der Waals surface area contributed by atoms with E-state index in [0.29, 0.717) is 33.5 Å². The molecule has 1 heterocycles. The molecular formula is C20H13Cl3N2O4. The SMILES string of the molecule is O=C(O)Cc1ccc(Oc2ccc(NC(=O)c3ccc(Cl)c(Cl)c3)nc2)c(Cl)c1. The molecule has 29 heavy (non-hydrogen) atoms. The van der Waals surface area contributed by atoms with Crippen LogP contribution in [-0.2, 0) is 11.2 Å². The van der Waals surface area contributed by atoms with Crippen molar-refractivity contribution >= 4 is 52.5 Å². The summed E-state index contributed by atoms with van der Waals surface area (Å²) in [6.45, 7) is 0. The van der Waals surface area contributed by atoms with Gasteiger partial charge in [0.1, 0.15) is 17.3 Å². The number of amides is 1. The smallest absolute Gasteiger partial charge is 0.307 e. The second-order valence-electron chi connectivity index (χ2n) is 5.90. The standard InChI is InChI=1S/C20H13Cl3N2O4/c21-14-4-2-12(9-15(14)22)20(28)25-18-6-3-13(10-24-18)29-17-5-1-11(7-16(17)23)8-19(26)27/h1-7,9-10H,8H2,(H,26,27)(H,24,25,28). The van der Waals surface area contributed by atoms with Crippen LogP contribution in [0.1, 0.15) is 15.9 Å². The minimum Gasteiger partial charge on any atom is -0.481 e. The summed E-state index contributed by atoms with van der Waals surface area (Å²) in [6.07, 6.45) is 1.29. The highest BCUT2D eigenvalue weighted by Gasteiger charge is 2.10. The number of carboxylic acid groups (broad SMARTS) is 1. The first-order valence-electron chi connectivity index (χ1n) is 8.22. The van der Waals surface area contributed by atoms with Gasteiger partial charge in [-0.15, -0.1) is 0 Å². The van der Waals surface area contributed by atoms with Crippen LogP contribution in [0.3, 0.4) is 0 Å². The molecule has 6 nitrogen and oxygen atoms in total. The molecule has 0 unspecified atom stereocenters. The van der Waals surface area contributed by atoms with Crippen LogP contribution in [-0.4, -0.2) is 22.0 Å². The maximum atomic E-state index is 12.3. The van der Waals surface area contributed by atoms with Gasteiger partial charge in [-0.25, -0.2) is 4.98 Å². The van der Waals surface area contributed by atoms with E-state index in [0.717, 1.165) is 0 Å². The lowest BCUT2D eigenvalue weighted by molar-refractivity contribution is -0.136. The van der Waals surface area contributed by atoms with Gasteiger partial charge in [0, 0.05) is 5.56 Å². The number of nitrogens with zero attached hydrogens (tertiary/aromatic N) is 1. The van der Waals surface area contributed by atoms with E-state index in [2.05, 4.69) is 10.3 Å². The van der Waals surface area contributed by atoms with Crippen LogP contribution in [0.4, 0.5) is 5.82 Å². The Kier molecular flexibility index (Phi) is 6.59. The lowest BCUT2D eigenvalue weighted by Gasteiger charge is -2.10. The first-order chi connectivity index (χ1) is 13.8. The molecule has 0 bridgehead atoms. The topological polar surface area (TPSA) is 88.5 Å². The molecule has 0 aliphatic heterocycles. The Morgan fingerprint density at radius 3 is 2.38 bits per heavy atom. The van der Waals surface area contributed by atoms with Crippen LogP contribution in [0, 0.1) is 0 Å². The van der Waals surface area contributed by atoms with Crippen LogP contribution in [0.5, 0.6) is 11.5 Å². The normalized spacial score (nSPS) is 10.4. The van der Waals surface area contributed by atoms with E-state index in [9.17, 15) is 9.59 Å². The molecule has 3 rings (SSSR count). The summed E-state index contributed by atoms with van der Waals surface area (Å²) in [5, 5.41) is 12.4. The Balaban J connectivity index is 1.66. The maximum Gasteiger partial charge on any atom is 0.307 e. The van der Waals surface area contributed by atoms with Crippen LogP contribution >= 0.6 is 34.8 Å². The van der Waals surface area contributed by atoms with Crippen molar-refractivity contribution in [2.45, 2.75) is 6.42 Å². The Hall–Kier alpha value is -2.80. The highest BCUT2D eigenvalue weighted by Crippen LogP contribution is 2.30. The molecule has 1 aromatic heterocycles. The number of carbonyl (C=O) groups excluding carboxylic acids is 1. The maximum absolute atomic E-state index is 12.3. The van der Waals surface area contributed by atoms with Gasteiger partial charge in [-0.1, -0.05) is 40.9 Å². The molecule has 0 spiro atoms. The zero-order chi connectivity index (χ0) is 21.0. The van der Waals surface area contributed by atoms with Crippen molar-refractivity contribution in [3.05, 3.63) is 80.9 Å². The lowest BCUT2D eigenvalue weighted by Crippen LogP contribution is -2.12. The Morgan fingerprint density at radius 1 is 0.966 bits per heavy atom. The Labute approximate surface area is 181 Å². The number of ether oxygens (including phenoxy) is 1. The van der Waals surface area contributed by atoms with Crippen molar-refractivity contribution in [1.82, 2.24) is 4.98 Å². The average Bonchev–Trinajstić information content (AvgIpc) is 2.67. The average molecular weight is 452 g/mol. The van der Waals surface area contributed by atoms with Gasteiger partial charge in [-0.05, 0) is 48.0 Å². The van der Waals surface area contributed by atoms with Gasteiger partial charge in [0.2, 0.25) is 0 Å². The number of anilines is 1. The second-order valence-corrected chi connectivity index (χ2v) is 7.12. The van der Waals surface area contributed by atoms with Crippen molar-refractivity contribution in [2.24, 2.45) is 0 Å². The summed E-state index contributed by atoms with van der Waals surface area (Å²) in [5.41, 5.74) is 0.906. The molecule has 0 radical (unpaired) electrons. The van der Waals surface area contributed by atoms with E-state index < -0.39 is 5.97 Å². The molecule has 9 heteroatoms. The fourth-order valence-corrected chi connectivity index (χ4v) is 2.92. The van der Waals surface area contributed by atoms with Gasteiger partial charge in [-0.3, -0.25) is 9.59 Å². The number of carbonyl (C=O) groups is 2. The van der Waals surface area contributed by atoms with Crippen molar-refractivity contribution < 1.29 is 19.4 Å². The number of aromatic nitrogens is 1. The Morgan fingerprint density at radius 2 is 1.76 bits per heavy atom. The van der Waals surface area contributed by atoms with Crippen LogP contribution in [0.2, 0.25) is 15.1 Å². The highest BCUT2D eigenvalue weighted by atomic mass is 35.5. The second kappa shape index (κ2) is 9.13. The van der Waals surface area contributed by atoms with Gasteiger partial charge in [0.15, 0.2) is 0 Å². The molecule has 1 amide bonds. The Bertz CT molecular complexity index is 1070. The number of rotatable bonds is 6. The molecule has 0 saturated heterocycles. The zero-order valence-electron chi connectivity index (χ0n) is 14.7. The van der Waals surface area contributed by atoms with Crippen LogP contribution in [0.15, 0.2) is 54.7 Å². The van der Waals surface area contributed by atoms with E-state index in [1.165, 1.54) is 24.4 Å². The third-order valence-electron chi connectivity index (χ3n) is 3.74. The van der Waals surface area contributed by atoms with E-state index >= 15 is 0 Å². The summed E-state index contributed by atoms with van der Waals surface area (Å²) < 4.78 is 5.66. The fraction of sp³-hybridized carbons (Fsp3) is 0.0500. The van der Waals surface area contributed by atoms with Crippen molar-refractivity contribution in [2.75, 3.05) is 5.32 Å². The van der Waals surface area contributed by atoms with Gasteiger partial charge in [0.25, 0.3) is 5.91 Å². The van der Waals surface area contributed by atoms with Crippen molar-refractivity contribution in [3.63, 3.8) is 0 Å². The summed E-state index contributed by atoms with van der Waals surface area (Å²) in [4.78, 5) is 27.2. The largest absolute Gasteiger partial charge is 0.481 e. The van der Waals surface area contributed by atoms with E-state index in [-0.39, 0.29) is 22.4 Å². The van der Waals surface area contributed by atoms with Crippen molar-refractivity contribution in [3.8, 4) is 11.5 Å². The number of hydrogen-bond acceptors (Lipinski definition) is 4. The third-order valence-corrected chi connectivity index (χ3v) is 4.77. The number of nitrogens with one attached hydrogen (secondary N) is 1. The molecular weight excluding hydrogens is 439 g/mol. The van der Waals surface area contributed by atoms with Crippen LogP contribution < -0.4 is 10.1 Å². The number of hydrogen-bond donors (Lipinski definition) is 2.